The Hall–Kier alpha value is -2.32. The topological polar surface area (TPSA) is 69.6 Å². The van der Waals surface area contributed by atoms with E-state index in [0.29, 0.717) is 24.7 Å². The van der Waals surface area contributed by atoms with Gasteiger partial charge in [-0.1, -0.05) is 6.07 Å². The molecule has 5 rings (SSSR count). The Bertz CT molecular complexity index is 895. The molecular formula is C21H25N5O2S. The molecule has 3 aliphatic rings. The molecule has 8 heteroatoms. The highest BCUT2D eigenvalue weighted by Crippen LogP contribution is 2.49. The first-order chi connectivity index (χ1) is 14.1. The summed E-state index contributed by atoms with van der Waals surface area (Å²) in [6.07, 6.45) is 5.37. The van der Waals surface area contributed by atoms with E-state index in [2.05, 4.69) is 20.9 Å². The number of thiazole rings is 1. The van der Waals surface area contributed by atoms with Gasteiger partial charge in [0.2, 0.25) is 5.91 Å². The second-order valence-electron chi connectivity index (χ2n) is 8.44. The standard InChI is InChI=1S/C21H25N5O2S/c1-24-19(27)16-11-25(10-15-3-2-6-22-9-15)12-17(16)21(24)4-7-26(8-5-21)20(28)18-13-29-14-23-18/h2-3,6,9,13-14,16-17H,4-5,7-8,10-12H2,1H3/t16-,17+/m1/s1. The maximum atomic E-state index is 13.1. The lowest BCUT2D eigenvalue weighted by Gasteiger charge is -2.46. The summed E-state index contributed by atoms with van der Waals surface area (Å²) in [4.78, 5) is 40.4. The average Bonchev–Trinajstić information content (AvgIpc) is 3.46. The van der Waals surface area contributed by atoms with Crippen molar-refractivity contribution in [1.29, 1.82) is 0 Å². The number of fused-ring (bicyclic) bond motifs is 2. The maximum Gasteiger partial charge on any atom is 0.273 e. The minimum Gasteiger partial charge on any atom is -0.339 e. The summed E-state index contributed by atoms with van der Waals surface area (Å²) in [5, 5.41) is 1.81. The molecule has 0 N–H and O–H groups in total. The maximum absolute atomic E-state index is 13.1. The fourth-order valence-corrected chi connectivity index (χ4v) is 6.09. The first kappa shape index (κ1) is 18.7. The molecule has 152 valence electrons. The second-order valence-corrected chi connectivity index (χ2v) is 9.15. The zero-order valence-corrected chi connectivity index (χ0v) is 17.3. The summed E-state index contributed by atoms with van der Waals surface area (Å²) in [5.74, 6) is 0.669. The minimum absolute atomic E-state index is 0.00857. The SMILES string of the molecule is CN1C(=O)[C@@H]2CN(Cc3cccnc3)C[C@@H]2C12CCN(C(=O)c1cscn1)CC2. The number of hydrogen-bond donors (Lipinski definition) is 0. The number of carbonyl (C=O) groups excluding carboxylic acids is 2. The van der Waals surface area contributed by atoms with Crippen molar-refractivity contribution in [2.45, 2.75) is 24.9 Å². The third-order valence-electron chi connectivity index (χ3n) is 7.10. The first-order valence-electron chi connectivity index (χ1n) is 10.1. The van der Waals surface area contributed by atoms with E-state index < -0.39 is 0 Å². The predicted octanol–water partition coefficient (Wildman–Crippen LogP) is 1.73. The molecule has 2 aromatic rings. The third kappa shape index (κ3) is 3.05. The van der Waals surface area contributed by atoms with Crippen molar-refractivity contribution >= 4 is 23.2 Å². The van der Waals surface area contributed by atoms with Crippen molar-refractivity contribution in [2.75, 3.05) is 33.2 Å². The zero-order valence-electron chi connectivity index (χ0n) is 16.5. The second kappa shape index (κ2) is 7.18. The van der Waals surface area contributed by atoms with Crippen LogP contribution in [-0.2, 0) is 11.3 Å². The predicted molar refractivity (Wildman–Crippen MR) is 109 cm³/mol. The number of aromatic nitrogens is 2. The summed E-state index contributed by atoms with van der Waals surface area (Å²) in [6.45, 7) is 3.93. The van der Waals surface area contributed by atoms with Gasteiger partial charge in [0.25, 0.3) is 5.91 Å². The molecule has 29 heavy (non-hydrogen) atoms. The fourth-order valence-electron chi connectivity index (χ4n) is 5.56. The van der Waals surface area contributed by atoms with E-state index in [1.54, 1.807) is 17.1 Å². The molecule has 0 aromatic carbocycles. The van der Waals surface area contributed by atoms with Crippen molar-refractivity contribution in [3.05, 3.63) is 46.7 Å². The van der Waals surface area contributed by atoms with Crippen LogP contribution in [0.15, 0.2) is 35.4 Å². The van der Waals surface area contributed by atoms with E-state index in [4.69, 9.17) is 0 Å². The van der Waals surface area contributed by atoms with Crippen LogP contribution in [0.1, 0.15) is 28.9 Å². The van der Waals surface area contributed by atoms with Gasteiger partial charge in [0, 0.05) is 63.5 Å². The highest BCUT2D eigenvalue weighted by atomic mass is 32.1. The van der Waals surface area contributed by atoms with Gasteiger partial charge in [0.05, 0.1) is 17.0 Å². The molecule has 0 unspecified atom stereocenters. The van der Waals surface area contributed by atoms with E-state index in [1.807, 2.05) is 29.1 Å². The monoisotopic (exact) mass is 411 g/mol. The van der Waals surface area contributed by atoms with Crippen molar-refractivity contribution in [2.24, 2.45) is 11.8 Å². The lowest BCUT2D eigenvalue weighted by molar-refractivity contribution is -0.133. The molecule has 2 aromatic heterocycles. The molecule has 3 saturated heterocycles. The van der Waals surface area contributed by atoms with Gasteiger partial charge in [-0.3, -0.25) is 19.5 Å². The number of nitrogens with zero attached hydrogens (tertiary/aromatic N) is 5. The number of hydrogen-bond acceptors (Lipinski definition) is 6. The lowest BCUT2D eigenvalue weighted by Crippen LogP contribution is -2.56. The van der Waals surface area contributed by atoms with Gasteiger partial charge in [0.1, 0.15) is 5.69 Å². The molecule has 1 spiro atoms. The smallest absolute Gasteiger partial charge is 0.273 e. The van der Waals surface area contributed by atoms with Gasteiger partial charge in [-0.2, -0.15) is 0 Å². The Labute approximate surface area is 174 Å². The molecule has 2 amide bonds. The van der Waals surface area contributed by atoms with Gasteiger partial charge < -0.3 is 9.80 Å². The lowest BCUT2D eigenvalue weighted by atomic mass is 9.75. The quantitative estimate of drug-likeness (QED) is 0.769. The minimum atomic E-state index is -0.135. The Morgan fingerprint density at radius 2 is 2.14 bits per heavy atom. The van der Waals surface area contributed by atoms with Crippen LogP contribution >= 0.6 is 11.3 Å². The molecule has 0 aliphatic carbocycles. The Kier molecular flexibility index (Phi) is 4.63. The van der Waals surface area contributed by atoms with Crippen LogP contribution < -0.4 is 0 Å². The molecular weight excluding hydrogens is 386 g/mol. The third-order valence-corrected chi connectivity index (χ3v) is 7.68. The zero-order chi connectivity index (χ0) is 20.0. The van der Waals surface area contributed by atoms with Crippen molar-refractivity contribution in [1.82, 2.24) is 24.7 Å². The normalized spacial score (nSPS) is 26.3. The van der Waals surface area contributed by atoms with E-state index in [-0.39, 0.29) is 23.3 Å². The van der Waals surface area contributed by atoms with E-state index in [9.17, 15) is 9.59 Å². The van der Waals surface area contributed by atoms with Crippen molar-refractivity contribution < 1.29 is 9.59 Å². The molecule has 0 bridgehead atoms. The Balaban J connectivity index is 1.30. The van der Waals surface area contributed by atoms with Crippen LogP contribution in [0.25, 0.3) is 0 Å². The average molecular weight is 412 g/mol. The van der Waals surface area contributed by atoms with Crippen LogP contribution in [0, 0.1) is 11.8 Å². The van der Waals surface area contributed by atoms with Crippen molar-refractivity contribution in [3.8, 4) is 0 Å². The molecule has 2 atom stereocenters. The van der Waals surface area contributed by atoms with Crippen molar-refractivity contribution in [3.63, 3.8) is 0 Å². The number of rotatable bonds is 3. The first-order valence-corrected chi connectivity index (χ1v) is 11.1. The summed E-state index contributed by atoms with van der Waals surface area (Å²) >= 11 is 1.44. The Morgan fingerprint density at radius 1 is 1.31 bits per heavy atom. The van der Waals surface area contributed by atoms with Crippen LogP contribution in [0.3, 0.4) is 0 Å². The van der Waals surface area contributed by atoms with Gasteiger partial charge in [-0.25, -0.2) is 4.98 Å². The summed E-state index contributed by atoms with van der Waals surface area (Å²) in [7, 11) is 1.96. The summed E-state index contributed by atoms with van der Waals surface area (Å²) < 4.78 is 0. The van der Waals surface area contributed by atoms with Crippen LogP contribution in [0.2, 0.25) is 0 Å². The number of piperidine rings is 1. The number of amides is 2. The fraction of sp³-hybridized carbons (Fsp3) is 0.524. The van der Waals surface area contributed by atoms with E-state index in [1.165, 1.54) is 16.9 Å². The molecule has 0 saturated carbocycles. The summed E-state index contributed by atoms with van der Waals surface area (Å²) in [5.41, 5.74) is 3.28. The van der Waals surface area contributed by atoms with Gasteiger partial charge in [-0.15, -0.1) is 11.3 Å². The van der Waals surface area contributed by atoms with Crippen LogP contribution in [-0.4, -0.2) is 75.2 Å². The molecule has 3 aliphatic heterocycles. The van der Waals surface area contributed by atoms with Gasteiger partial charge >= 0.3 is 0 Å². The Morgan fingerprint density at radius 3 is 2.83 bits per heavy atom. The van der Waals surface area contributed by atoms with E-state index >= 15 is 0 Å². The number of pyridine rings is 1. The van der Waals surface area contributed by atoms with Crippen LogP contribution in [0.5, 0.6) is 0 Å². The number of likely N-dealkylation sites (tertiary alicyclic amines) is 3. The molecule has 3 fully saturated rings. The molecule has 0 radical (unpaired) electrons. The van der Waals surface area contributed by atoms with Gasteiger partial charge in [0.15, 0.2) is 0 Å². The highest BCUT2D eigenvalue weighted by molar-refractivity contribution is 7.07. The summed E-state index contributed by atoms with van der Waals surface area (Å²) in [6, 6.07) is 4.05. The molecule has 5 heterocycles. The molecule has 7 nitrogen and oxygen atoms in total. The number of carbonyl (C=O) groups is 2. The highest BCUT2D eigenvalue weighted by Gasteiger charge is 2.60. The van der Waals surface area contributed by atoms with Gasteiger partial charge in [-0.05, 0) is 24.5 Å². The van der Waals surface area contributed by atoms with E-state index in [0.717, 1.165) is 32.5 Å². The largest absolute Gasteiger partial charge is 0.339 e. The van der Waals surface area contributed by atoms with Crippen LogP contribution in [0.4, 0.5) is 0 Å².